The molecular formula is C20H25FIN3O2. The van der Waals surface area contributed by atoms with Crippen molar-refractivity contribution >= 4 is 29.9 Å². The van der Waals surface area contributed by atoms with E-state index in [4.69, 9.17) is 9.47 Å². The van der Waals surface area contributed by atoms with Gasteiger partial charge in [0.15, 0.2) is 17.5 Å². The first-order chi connectivity index (χ1) is 12.5. The van der Waals surface area contributed by atoms with Gasteiger partial charge >= 0.3 is 0 Å². The molecule has 0 fully saturated rings. The predicted octanol–water partition coefficient (Wildman–Crippen LogP) is 3.82. The lowest BCUT2D eigenvalue weighted by molar-refractivity contribution is 0.174. The van der Waals surface area contributed by atoms with E-state index in [1.165, 1.54) is 6.07 Å². The molecule has 5 nitrogen and oxygen atoms in total. The van der Waals surface area contributed by atoms with Crippen molar-refractivity contribution in [2.45, 2.75) is 25.8 Å². The number of rotatable bonds is 5. The Labute approximate surface area is 176 Å². The van der Waals surface area contributed by atoms with Gasteiger partial charge in [0, 0.05) is 25.6 Å². The first-order valence-electron chi connectivity index (χ1n) is 8.57. The Balaban J connectivity index is 0.00000261. The van der Waals surface area contributed by atoms with E-state index in [-0.39, 0.29) is 42.0 Å². The molecule has 0 atom stereocenters. The summed E-state index contributed by atoms with van der Waals surface area (Å²) in [5, 5.41) is 6.54. The van der Waals surface area contributed by atoms with Gasteiger partial charge in [0.2, 0.25) is 6.79 Å². The fourth-order valence-electron chi connectivity index (χ4n) is 2.87. The number of fused-ring (bicyclic) bond motifs is 1. The Bertz CT molecular complexity index is 812. The van der Waals surface area contributed by atoms with Gasteiger partial charge in [-0.1, -0.05) is 38.1 Å². The SMILES string of the molecule is CN=C(NCc1ccc2c(c1)OCO2)NCC(C)(C)c1ccccc1F.I. The van der Waals surface area contributed by atoms with Gasteiger partial charge in [-0.15, -0.1) is 24.0 Å². The Morgan fingerprint density at radius 2 is 1.85 bits per heavy atom. The number of ether oxygens (including phenoxy) is 2. The lowest BCUT2D eigenvalue weighted by Gasteiger charge is -2.27. The summed E-state index contributed by atoms with van der Waals surface area (Å²) < 4.78 is 24.8. The summed E-state index contributed by atoms with van der Waals surface area (Å²) in [5.41, 5.74) is 1.37. The highest BCUT2D eigenvalue weighted by Crippen LogP contribution is 2.32. The maximum absolute atomic E-state index is 14.1. The van der Waals surface area contributed by atoms with E-state index in [9.17, 15) is 4.39 Å². The number of hydrogen-bond acceptors (Lipinski definition) is 3. The molecule has 0 radical (unpaired) electrons. The summed E-state index contributed by atoms with van der Waals surface area (Å²) in [6.07, 6.45) is 0. The maximum atomic E-state index is 14.1. The molecule has 1 heterocycles. The number of benzene rings is 2. The monoisotopic (exact) mass is 485 g/mol. The molecule has 0 bridgehead atoms. The molecule has 0 saturated heterocycles. The van der Waals surface area contributed by atoms with E-state index >= 15 is 0 Å². The van der Waals surface area contributed by atoms with E-state index in [2.05, 4.69) is 15.6 Å². The summed E-state index contributed by atoms with van der Waals surface area (Å²) in [5.74, 6) is 1.99. The zero-order valence-electron chi connectivity index (χ0n) is 15.7. The zero-order chi connectivity index (χ0) is 18.6. The average molecular weight is 485 g/mol. The fraction of sp³-hybridized carbons (Fsp3) is 0.350. The summed E-state index contributed by atoms with van der Waals surface area (Å²) in [6.45, 7) is 5.42. The average Bonchev–Trinajstić information content (AvgIpc) is 3.10. The number of hydrogen-bond donors (Lipinski definition) is 2. The minimum atomic E-state index is -0.373. The lowest BCUT2D eigenvalue weighted by Crippen LogP contribution is -2.43. The molecule has 2 aromatic rings. The number of aliphatic imine (C=N–C) groups is 1. The van der Waals surface area contributed by atoms with Crippen LogP contribution in [0.1, 0.15) is 25.0 Å². The minimum Gasteiger partial charge on any atom is -0.454 e. The van der Waals surface area contributed by atoms with Crippen LogP contribution in [-0.4, -0.2) is 26.3 Å². The van der Waals surface area contributed by atoms with Gasteiger partial charge in [-0.3, -0.25) is 4.99 Å². The van der Waals surface area contributed by atoms with Crippen LogP contribution in [0.2, 0.25) is 0 Å². The third-order valence-corrected chi connectivity index (χ3v) is 4.42. The molecule has 1 aliphatic rings. The Morgan fingerprint density at radius 3 is 2.59 bits per heavy atom. The maximum Gasteiger partial charge on any atom is 0.231 e. The van der Waals surface area contributed by atoms with Crippen molar-refractivity contribution in [3.8, 4) is 11.5 Å². The molecule has 3 rings (SSSR count). The normalized spacial score (nSPS) is 13.1. The predicted molar refractivity (Wildman–Crippen MR) is 116 cm³/mol. The first-order valence-corrected chi connectivity index (χ1v) is 8.57. The quantitative estimate of drug-likeness (QED) is 0.384. The van der Waals surface area contributed by atoms with Gasteiger partial charge in [-0.05, 0) is 29.3 Å². The van der Waals surface area contributed by atoms with Crippen molar-refractivity contribution in [1.29, 1.82) is 0 Å². The minimum absolute atomic E-state index is 0. The third kappa shape index (κ3) is 5.24. The van der Waals surface area contributed by atoms with E-state index < -0.39 is 0 Å². The summed E-state index contributed by atoms with van der Waals surface area (Å²) in [6, 6.07) is 12.7. The first kappa shape index (κ1) is 21.3. The Hall–Kier alpha value is -2.03. The van der Waals surface area contributed by atoms with Crippen LogP contribution >= 0.6 is 24.0 Å². The highest BCUT2D eigenvalue weighted by atomic mass is 127. The van der Waals surface area contributed by atoms with Crippen molar-refractivity contribution < 1.29 is 13.9 Å². The summed E-state index contributed by atoms with van der Waals surface area (Å²) in [4.78, 5) is 4.24. The van der Waals surface area contributed by atoms with Gasteiger partial charge in [-0.2, -0.15) is 0 Å². The highest BCUT2D eigenvalue weighted by Gasteiger charge is 2.24. The molecule has 2 N–H and O–H groups in total. The van der Waals surface area contributed by atoms with Crippen molar-refractivity contribution in [3.63, 3.8) is 0 Å². The highest BCUT2D eigenvalue weighted by molar-refractivity contribution is 14.0. The van der Waals surface area contributed by atoms with Gasteiger partial charge < -0.3 is 20.1 Å². The number of guanidine groups is 1. The van der Waals surface area contributed by atoms with Gasteiger partial charge in [0.05, 0.1) is 0 Å². The Morgan fingerprint density at radius 1 is 1.11 bits per heavy atom. The molecule has 146 valence electrons. The summed E-state index contributed by atoms with van der Waals surface area (Å²) in [7, 11) is 1.71. The van der Waals surface area contributed by atoms with Crippen LogP contribution in [0.3, 0.4) is 0 Å². The van der Waals surface area contributed by atoms with Crippen molar-refractivity contribution in [2.24, 2.45) is 4.99 Å². The second-order valence-corrected chi connectivity index (χ2v) is 6.83. The second kappa shape index (κ2) is 9.25. The smallest absolute Gasteiger partial charge is 0.231 e. The number of nitrogens with zero attached hydrogens (tertiary/aromatic N) is 1. The molecule has 1 aliphatic heterocycles. The van der Waals surface area contributed by atoms with Crippen LogP contribution in [0.4, 0.5) is 4.39 Å². The molecule has 0 unspecified atom stereocenters. The second-order valence-electron chi connectivity index (χ2n) is 6.83. The lowest BCUT2D eigenvalue weighted by atomic mass is 9.84. The zero-order valence-corrected chi connectivity index (χ0v) is 18.0. The van der Waals surface area contributed by atoms with E-state index in [0.29, 0.717) is 24.6 Å². The van der Waals surface area contributed by atoms with Crippen molar-refractivity contribution in [2.75, 3.05) is 20.4 Å². The molecule has 0 amide bonds. The van der Waals surface area contributed by atoms with Crippen molar-refractivity contribution in [1.82, 2.24) is 10.6 Å². The van der Waals surface area contributed by atoms with Crippen molar-refractivity contribution in [3.05, 3.63) is 59.4 Å². The molecule has 0 aromatic heterocycles. The van der Waals surface area contributed by atoms with Crippen LogP contribution in [0, 0.1) is 5.82 Å². The summed E-state index contributed by atoms with van der Waals surface area (Å²) >= 11 is 0. The molecule has 0 saturated carbocycles. The van der Waals surface area contributed by atoms with Crippen LogP contribution < -0.4 is 20.1 Å². The fourth-order valence-corrected chi connectivity index (χ4v) is 2.87. The topological polar surface area (TPSA) is 54.9 Å². The standard InChI is InChI=1S/C20H24FN3O2.HI/c1-20(2,15-6-4-5-7-16(15)21)12-24-19(22-3)23-11-14-8-9-17-18(10-14)26-13-25-17;/h4-10H,11-13H2,1-3H3,(H2,22,23,24);1H. The molecule has 2 aromatic carbocycles. The van der Waals surface area contributed by atoms with E-state index in [0.717, 1.165) is 17.1 Å². The van der Waals surface area contributed by atoms with E-state index in [1.807, 2.05) is 44.2 Å². The number of nitrogens with one attached hydrogen (secondary N) is 2. The van der Waals surface area contributed by atoms with Crippen LogP contribution in [0.25, 0.3) is 0 Å². The van der Waals surface area contributed by atoms with Gasteiger partial charge in [0.1, 0.15) is 5.82 Å². The van der Waals surface area contributed by atoms with Gasteiger partial charge in [-0.25, -0.2) is 4.39 Å². The molecule has 7 heteroatoms. The molecule has 0 aliphatic carbocycles. The van der Waals surface area contributed by atoms with E-state index in [1.54, 1.807) is 13.1 Å². The molecule has 27 heavy (non-hydrogen) atoms. The van der Waals surface area contributed by atoms with Crippen LogP contribution in [0.5, 0.6) is 11.5 Å². The Kier molecular flexibility index (Phi) is 7.29. The van der Waals surface area contributed by atoms with Crippen LogP contribution in [0.15, 0.2) is 47.5 Å². The molecular weight excluding hydrogens is 460 g/mol. The third-order valence-electron chi connectivity index (χ3n) is 4.42. The molecule has 0 spiro atoms. The largest absolute Gasteiger partial charge is 0.454 e. The number of halogens is 2. The van der Waals surface area contributed by atoms with Crippen LogP contribution in [-0.2, 0) is 12.0 Å². The van der Waals surface area contributed by atoms with Gasteiger partial charge in [0.25, 0.3) is 0 Å².